The second-order valence-electron chi connectivity index (χ2n) is 12.9. The van der Waals surface area contributed by atoms with E-state index in [4.69, 9.17) is 13.8 Å². The van der Waals surface area contributed by atoms with Crippen molar-refractivity contribution in [2.24, 2.45) is 35.5 Å². The summed E-state index contributed by atoms with van der Waals surface area (Å²) in [5.74, 6) is 0.335. The maximum Gasteiger partial charge on any atom is 0.376 e. The van der Waals surface area contributed by atoms with Crippen LogP contribution < -0.4 is 0 Å². The molecule has 4 rings (SSSR count). The van der Waals surface area contributed by atoms with Crippen LogP contribution in [0.3, 0.4) is 0 Å². The molecule has 0 amide bonds. The van der Waals surface area contributed by atoms with Gasteiger partial charge in [0.25, 0.3) is 0 Å². The minimum atomic E-state index is -4.05. The Morgan fingerprint density at radius 2 is 1.56 bits per heavy atom. The molecule has 226 valence electrons. The van der Waals surface area contributed by atoms with Crippen LogP contribution in [0, 0.1) is 35.5 Å². The van der Waals surface area contributed by atoms with Crippen molar-refractivity contribution in [1.29, 1.82) is 0 Å². The Morgan fingerprint density at radius 3 is 2.05 bits per heavy atom. The van der Waals surface area contributed by atoms with Gasteiger partial charge in [0, 0.05) is 28.9 Å². The standard InChI is InChI=1S/C33H48NO5PS/c1-22(2)28-14-11-24(5)19-30(28)38-40(36,39-31-20-25(6)12-15-29(31)23(3)4)33(26-9-7-17-34-21-26)37-32(35)16-13-27-10-8-18-41-27/h7-10,13,16-18,21-25,28-31,33H,11-12,14-15,19-20H2,1-6H3/b16-13-. The maximum atomic E-state index is 15.4. The molecule has 2 saturated carbocycles. The lowest BCUT2D eigenvalue weighted by atomic mass is 9.75. The van der Waals surface area contributed by atoms with Crippen LogP contribution in [0.5, 0.6) is 0 Å². The molecule has 41 heavy (non-hydrogen) atoms. The first-order valence-electron chi connectivity index (χ1n) is 15.3. The second-order valence-corrected chi connectivity index (χ2v) is 15.9. The van der Waals surface area contributed by atoms with Gasteiger partial charge in [-0.25, -0.2) is 4.79 Å². The van der Waals surface area contributed by atoms with Crippen LogP contribution in [-0.2, 0) is 23.1 Å². The molecule has 2 aliphatic carbocycles. The van der Waals surface area contributed by atoms with E-state index in [0.717, 1.165) is 43.4 Å². The molecule has 0 spiro atoms. The molecule has 8 heteroatoms. The highest BCUT2D eigenvalue weighted by Crippen LogP contribution is 2.65. The highest BCUT2D eigenvalue weighted by Gasteiger charge is 2.48. The topological polar surface area (TPSA) is 74.7 Å². The second kappa shape index (κ2) is 14.6. The SMILES string of the molecule is CC1CCC(C(C)C)C(OP(=O)(OC2CC(C)CCC2C(C)C)C(OC(=O)/C=C\c2cccs2)c2cccnc2)C1. The fourth-order valence-corrected chi connectivity index (χ4v) is 9.39. The Labute approximate surface area is 250 Å². The molecule has 2 aromatic rings. The third-order valence-corrected chi connectivity index (χ3v) is 11.8. The number of esters is 1. The van der Waals surface area contributed by atoms with Crippen LogP contribution in [0.1, 0.15) is 96.4 Å². The van der Waals surface area contributed by atoms with Crippen molar-refractivity contribution in [2.45, 2.75) is 98.1 Å². The maximum absolute atomic E-state index is 15.4. The van der Waals surface area contributed by atoms with E-state index in [9.17, 15) is 4.79 Å². The van der Waals surface area contributed by atoms with E-state index >= 15 is 4.57 Å². The van der Waals surface area contributed by atoms with E-state index in [1.807, 2.05) is 17.5 Å². The number of hydrogen-bond acceptors (Lipinski definition) is 7. The minimum Gasteiger partial charge on any atom is -0.441 e. The number of rotatable bonds is 11. The van der Waals surface area contributed by atoms with Crippen molar-refractivity contribution in [3.8, 4) is 0 Å². The largest absolute Gasteiger partial charge is 0.441 e. The van der Waals surface area contributed by atoms with Crippen LogP contribution in [0.2, 0.25) is 0 Å². The molecule has 0 saturated heterocycles. The summed E-state index contributed by atoms with van der Waals surface area (Å²) in [6.07, 6.45) is 11.7. The van der Waals surface area contributed by atoms with Gasteiger partial charge in [0.2, 0.25) is 5.85 Å². The smallest absolute Gasteiger partial charge is 0.376 e. The Bertz CT molecular complexity index is 1130. The van der Waals surface area contributed by atoms with Crippen LogP contribution in [0.15, 0.2) is 48.1 Å². The van der Waals surface area contributed by atoms with Crippen molar-refractivity contribution in [3.05, 3.63) is 58.6 Å². The van der Waals surface area contributed by atoms with Gasteiger partial charge in [-0.15, -0.1) is 11.3 Å². The van der Waals surface area contributed by atoms with E-state index < -0.39 is 19.4 Å². The summed E-state index contributed by atoms with van der Waals surface area (Å²) in [6.45, 7) is 13.3. The minimum absolute atomic E-state index is 0.248. The zero-order valence-electron chi connectivity index (χ0n) is 25.5. The molecule has 6 nitrogen and oxygen atoms in total. The third kappa shape index (κ3) is 8.63. The predicted molar refractivity (Wildman–Crippen MR) is 166 cm³/mol. The van der Waals surface area contributed by atoms with Crippen LogP contribution in [-0.4, -0.2) is 23.2 Å². The Hall–Kier alpha value is -1.79. The molecule has 0 aliphatic heterocycles. The zero-order chi connectivity index (χ0) is 29.6. The summed E-state index contributed by atoms with van der Waals surface area (Å²) in [5, 5.41) is 1.95. The normalized spacial score (nSPS) is 29.5. The summed E-state index contributed by atoms with van der Waals surface area (Å²) >= 11 is 1.53. The van der Waals surface area contributed by atoms with Crippen molar-refractivity contribution in [3.63, 3.8) is 0 Å². The van der Waals surface area contributed by atoms with E-state index in [-0.39, 0.29) is 24.0 Å². The molecular formula is C33H48NO5PS. The average molecular weight is 602 g/mol. The van der Waals surface area contributed by atoms with E-state index in [1.165, 1.54) is 17.4 Å². The van der Waals surface area contributed by atoms with Crippen LogP contribution in [0.25, 0.3) is 6.08 Å². The lowest BCUT2D eigenvalue weighted by Crippen LogP contribution is -2.37. The van der Waals surface area contributed by atoms with Gasteiger partial charge in [-0.2, -0.15) is 0 Å². The van der Waals surface area contributed by atoms with Gasteiger partial charge in [-0.05, 0) is 84.8 Å². The summed E-state index contributed by atoms with van der Waals surface area (Å²) in [6, 6.07) is 7.41. The van der Waals surface area contributed by atoms with Crippen molar-refractivity contribution < 1.29 is 23.1 Å². The number of pyridine rings is 1. The highest BCUT2D eigenvalue weighted by atomic mass is 32.1. The van der Waals surface area contributed by atoms with Gasteiger partial charge in [0.15, 0.2) is 0 Å². The fourth-order valence-electron chi connectivity index (χ4n) is 6.51. The monoisotopic (exact) mass is 601 g/mol. The molecule has 2 heterocycles. The lowest BCUT2D eigenvalue weighted by molar-refractivity contribution is -0.141. The Balaban J connectivity index is 1.73. The van der Waals surface area contributed by atoms with Gasteiger partial charge in [-0.3, -0.25) is 9.55 Å². The lowest BCUT2D eigenvalue weighted by Gasteiger charge is -2.43. The molecule has 0 aromatic carbocycles. The molecule has 2 fully saturated rings. The van der Waals surface area contributed by atoms with Gasteiger partial charge in [0.1, 0.15) is 0 Å². The number of carbonyl (C=O) groups excluding carboxylic acids is 1. The third-order valence-electron chi connectivity index (χ3n) is 8.90. The molecule has 7 atom stereocenters. The first-order chi connectivity index (χ1) is 19.6. The summed E-state index contributed by atoms with van der Waals surface area (Å²) in [5.41, 5.74) is 0.517. The number of ether oxygens (including phenoxy) is 1. The quantitative estimate of drug-likeness (QED) is 0.145. The van der Waals surface area contributed by atoms with Crippen LogP contribution >= 0.6 is 18.9 Å². The van der Waals surface area contributed by atoms with E-state index in [0.29, 0.717) is 29.2 Å². The van der Waals surface area contributed by atoms with E-state index in [2.05, 4.69) is 46.5 Å². The molecule has 0 radical (unpaired) electrons. The Kier molecular flexibility index (Phi) is 11.4. The average Bonchev–Trinajstić information content (AvgIpc) is 3.44. The summed E-state index contributed by atoms with van der Waals surface area (Å²) in [7, 11) is -4.05. The fraction of sp³-hybridized carbons (Fsp3) is 0.636. The first kappa shape index (κ1) is 32.1. The van der Waals surface area contributed by atoms with Crippen molar-refractivity contribution in [1.82, 2.24) is 4.98 Å². The molecule has 2 aliphatic rings. The summed E-state index contributed by atoms with van der Waals surface area (Å²) in [4.78, 5) is 18.5. The number of nitrogens with zero attached hydrogens (tertiary/aromatic N) is 1. The number of carbonyl (C=O) groups is 1. The number of aromatic nitrogens is 1. The predicted octanol–water partition coefficient (Wildman–Crippen LogP) is 9.55. The van der Waals surface area contributed by atoms with Crippen molar-refractivity contribution in [2.75, 3.05) is 0 Å². The Morgan fingerprint density at radius 1 is 0.951 bits per heavy atom. The molecule has 2 aromatic heterocycles. The zero-order valence-corrected chi connectivity index (χ0v) is 27.2. The first-order valence-corrected chi connectivity index (χ1v) is 17.8. The molecule has 0 bridgehead atoms. The van der Waals surface area contributed by atoms with E-state index in [1.54, 1.807) is 30.6 Å². The van der Waals surface area contributed by atoms with Gasteiger partial charge in [0.05, 0.1) is 12.2 Å². The number of hydrogen-bond donors (Lipinski definition) is 0. The van der Waals surface area contributed by atoms with Crippen molar-refractivity contribution >= 4 is 31.0 Å². The van der Waals surface area contributed by atoms with Gasteiger partial charge in [-0.1, -0.05) is 66.5 Å². The molecule has 7 unspecified atom stereocenters. The highest BCUT2D eigenvalue weighted by molar-refractivity contribution is 7.54. The van der Waals surface area contributed by atoms with Gasteiger partial charge >= 0.3 is 13.6 Å². The number of thiophene rings is 1. The summed E-state index contributed by atoms with van der Waals surface area (Å²) < 4.78 is 35.0. The van der Waals surface area contributed by atoms with Gasteiger partial charge < -0.3 is 13.8 Å². The molecule has 0 N–H and O–H groups in total. The van der Waals surface area contributed by atoms with Crippen LogP contribution in [0.4, 0.5) is 0 Å². The molecular weight excluding hydrogens is 553 g/mol.